The molecule has 6 heteroatoms. The Labute approximate surface area is 107 Å². The molecule has 1 saturated heterocycles. The number of aryl methyl sites for hydroxylation is 1. The van der Waals surface area contributed by atoms with E-state index >= 15 is 0 Å². The molecule has 1 aliphatic heterocycles. The molecule has 1 fully saturated rings. The monoisotopic (exact) mass is 255 g/mol. The molecule has 2 heterocycles. The lowest BCUT2D eigenvalue weighted by atomic mass is 10.2. The molecule has 1 aliphatic rings. The Morgan fingerprint density at radius 1 is 1.35 bits per heavy atom. The number of rotatable bonds is 4. The van der Waals surface area contributed by atoms with Crippen LogP contribution in [0, 0.1) is 6.92 Å². The average molecular weight is 255 g/mol. The Balaban J connectivity index is 1.75. The third-order valence-corrected chi connectivity index (χ3v) is 3.76. The lowest BCUT2D eigenvalue weighted by Gasteiger charge is -2.33. The number of nitrogens with one attached hydrogen (secondary N) is 1. The number of likely N-dealkylation sites (N-methyl/N-ethyl adjacent to an activating group) is 1. The van der Waals surface area contributed by atoms with Gasteiger partial charge in [-0.05, 0) is 20.9 Å². The minimum Gasteiger partial charge on any atom is -0.357 e. The van der Waals surface area contributed by atoms with Gasteiger partial charge in [0.05, 0.1) is 0 Å². The average Bonchev–Trinajstić information content (AvgIpc) is 2.67. The van der Waals surface area contributed by atoms with Gasteiger partial charge in [-0.15, -0.1) is 0 Å². The minimum atomic E-state index is 0.422. The first-order valence-corrected chi connectivity index (χ1v) is 6.88. The number of aromatic nitrogens is 2. The van der Waals surface area contributed by atoms with E-state index in [2.05, 4.69) is 38.4 Å². The summed E-state index contributed by atoms with van der Waals surface area (Å²) in [6, 6.07) is 0.422. The summed E-state index contributed by atoms with van der Waals surface area (Å²) in [6.45, 7) is 9.87. The number of piperazine rings is 1. The van der Waals surface area contributed by atoms with E-state index in [0.29, 0.717) is 6.04 Å². The third-order valence-electron chi connectivity index (χ3n) is 3.03. The van der Waals surface area contributed by atoms with E-state index in [1.54, 1.807) is 0 Å². The molecular weight excluding hydrogens is 234 g/mol. The van der Waals surface area contributed by atoms with Crippen molar-refractivity contribution in [1.29, 1.82) is 0 Å². The van der Waals surface area contributed by atoms with E-state index in [1.165, 1.54) is 24.6 Å². The second kappa shape index (κ2) is 5.75. The molecule has 0 aromatic carbocycles. The molecule has 0 aliphatic carbocycles. The lowest BCUT2D eigenvalue weighted by Crippen LogP contribution is -2.47. The van der Waals surface area contributed by atoms with Gasteiger partial charge in [-0.25, -0.2) is 4.98 Å². The predicted octanol–water partition coefficient (Wildman–Crippen LogP) is 0.894. The fourth-order valence-electron chi connectivity index (χ4n) is 2.03. The van der Waals surface area contributed by atoms with Crippen LogP contribution in [0.1, 0.15) is 12.7 Å². The van der Waals surface area contributed by atoms with Crippen molar-refractivity contribution < 1.29 is 0 Å². The molecule has 17 heavy (non-hydrogen) atoms. The van der Waals surface area contributed by atoms with E-state index in [-0.39, 0.29) is 0 Å². The predicted molar refractivity (Wildman–Crippen MR) is 71.7 cm³/mol. The van der Waals surface area contributed by atoms with Crippen molar-refractivity contribution in [3.8, 4) is 0 Å². The maximum atomic E-state index is 4.33. The highest BCUT2D eigenvalue weighted by Crippen LogP contribution is 2.12. The Morgan fingerprint density at radius 3 is 2.65 bits per heavy atom. The molecule has 0 spiro atoms. The molecule has 1 unspecified atom stereocenters. The van der Waals surface area contributed by atoms with Gasteiger partial charge < -0.3 is 10.2 Å². The number of hydrogen-bond donors (Lipinski definition) is 1. The van der Waals surface area contributed by atoms with E-state index in [0.717, 1.165) is 30.6 Å². The first kappa shape index (κ1) is 12.7. The van der Waals surface area contributed by atoms with Gasteiger partial charge >= 0.3 is 0 Å². The van der Waals surface area contributed by atoms with Gasteiger partial charge in [0.1, 0.15) is 5.82 Å². The summed E-state index contributed by atoms with van der Waals surface area (Å²) in [7, 11) is 2.18. The normalized spacial score (nSPS) is 20.4. The van der Waals surface area contributed by atoms with Gasteiger partial charge in [-0.1, -0.05) is 0 Å². The summed E-state index contributed by atoms with van der Waals surface area (Å²) in [5, 5.41) is 4.35. The van der Waals surface area contributed by atoms with Crippen molar-refractivity contribution in [2.75, 3.05) is 45.1 Å². The van der Waals surface area contributed by atoms with Gasteiger partial charge in [0, 0.05) is 50.3 Å². The molecule has 0 saturated carbocycles. The molecule has 0 bridgehead atoms. The second-order valence-electron chi connectivity index (χ2n) is 4.80. The number of anilines is 1. The Hall–Kier alpha value is -0.720. The fourth-order valence-corrected chi connectivity index (χ4v) is 2.72. The molecule has 1 atom stereocenters. The molecule has 1 aromatic rings. The smallest absolute Gasteiger partial charge is 0.202 e. The zero-order valence-electron chi connectivity index (χ0n) is 10.8. The van der Waals surface area contributed by atoms with Gasteiger partial charge in [0.25, 0.3) is 0 Å². The summed E-state index contributed by atoms with van der Waals surface area (Å²) in [6.07, 6.45) is 0. The summed E-state index contributed by atoms with van der Waals surface area (Å²) in [4.78, 5) is 9.21. The van der Waals surface area contributed by atoms with Crippen LogP contribution in [0.2, 0.25) is 0 Å². The van der Waals surface area contributed by atoms with Crippen molar-refractivity contribution in [3.05, 3.63) is 5.82 Å². The molecule has 1 N–H and O–H groups in total. The summed E-state index contributed by atoms with van der Waals surface area (Å²) >= 11 is 1.44. The van der Waals surface area contributed by atoms with Crippen molar-refractivity contribution in [2.45, 2.75) is 19.9 Å². The van der Waals surface area contributed by atoms with Gasteiger partial charge in [-0.3, -0.25) is 4.90 Å². The maximum Gasteiger partial charge on any atom is 0.202 e. The van der Waals surface area contributed by atoms with Crippen molar-refractivity contribution in [1.82, 2.24) is 19.2 Å². The first-order chi connectivity index (χ1) is 8.13. The molecule has 96 valence electrons. The van der Waals surface area contributed by atoms with Crippen LogP contribution < -0.4 is 5.32 Å². The summed E-state index contributed by atoms with van der Waals surface area (Å²) in [5.74, 6) is 0.851. The van der Waals surface area contributed by atoms with Crippen LogP contribution in [0.25, 0.3) is 0 Å². The Bertz CT molecular complexity index is 345. The molecule has 2 rings (SSSR count). The van der Waals surface area contributed by atoms with Crippen LogP contribution in [0.4, 0.5) is 5.13 Å². The van der Waals surface area contributed by atoms with Gasteiger partial charge in [0.2, 0.25) is 5.13 Å². The minimum absolute atomic E-state index is 0.422. The van der Waals surface area contributed by atoms with Gasteiger partial charge in [0.15, 0.2) is 0 Å². The zero-order valence-corrected chi connectivity index (χ0v) is 11.6. The van der Waals surface area contributed by atoms with E-state index in [9.17, 15) is 0 Å². The van der Waals surface area contributed by atoms with Crippen LogP contribution in [0.3, 0.4) is 0 Å². The highest BCUT2D eigenvalue weighted by atomic mass is 32.1. The van der Waals surface area contributed by atoms with Crippen LogP contribution in [0.5, 0.6) is 0 Å². The van der Waals surface area contributed by atoms with Crippen LogP contribution in [-0.4, -0.2) is 65.0 Å². The fraction of sp³-hybridized carbons (Fsp3) is 0.818. The molecule has 0 amide bonds. The third kappa shape index (κ3) is 3.90. The molecule has 5 nitrogen and oxygen atoms in total. The largest absolute Gasteiger partial charge is 0.357 e. The van der Waals surface area contributed by atoms with Crippen molar-refractivity contribution >= 4 is 16.7 Å². The topological polar surface area (TPSA) is 44.3 Å². The zero-order chi connectivity index (χ0) is 12.3. The number of nitrogens with zero attached hydrogens (tertiary/aromatic N) is 4. The highest BCUT2D eigenvalue weighted by molar-refractivity contribution is 7.09. The summed E-state index contributed by atoms with van der Waals surface area (Å²) in [5.41, 5.74) is 0. The van der Waals surface area contributed by atoms with Crippen molar-refractivity contribution in [3.63, 3.8) is 0 Å². The van der Waals surface area contributed by atoms with E-state index in [4.69, 9.17) is 0 Å². The maximum absolute atomic E-state index is 4.33. The van der Waals surface area contributed by atoms with Crippen LogP contribution in [0.15, 0.2) is 0 Å². The number of hydrogen-bond acceptors (Lipinski definition) is 6. The molecular formula is C11H21N5S. The van der Waals surface area contributed by atoms with E-state index in [1.807, 2.05) is 6.92 Å². The SMILES string of the molecule is Cc1nsc(NC(C)CN2CCN(C)CC2)n1. The Kier molecular flexibility index (Phi) is 4.31. The summed E-state index contributed by atoms with van der Waals surface area (Å²) < 4.78 is 4.17. The highest BCUT2D eigenvalue weighted by Gasteiger charge is 2.16. The van der Waals surface area contributed by atoms with Crippen molar-refractivity contribution in [2.24, 2.45) is 0 Å². The van der Waals surface area contributed by atoms with E-state index < -0.39 is 0 Å². The second-order valence-corrected chi connectivity index (χ2v) is 5.55. The standard InChI is InChI=1S/C11H21N5S/c1-9(12-11-13-10(2)14-17-11)8-16-6-4-15(3)5-7-16/h9H,4-8H2,1-3H3,(H,12,13,14). The quantitative estimate of drug-likeness (QED) is 0.866. The molecule has 0 radical (unpaired) electrons. The first-order valence-electron chi connectivity index (χ1n) is 6.11. The molecule has 1 aromatic heterocycles. The Morgan fingerprint density at radius 2 is 2.06 bits per heavy atom. The van der Waals surface area contributed by atoms with Crippen LogP contribution in [-0.2, 0) is 0 Å². The van der Waals surface area contributed by atoms with Gasteiger partial charge in [-0.2, -0.15) is 4.37 Å². The van der Waals surface area contributed by atoms with Crippen LogP contribution >= 0.6 is 11.5 Å². The lowest BCUT2D eigenvalue weighted by molar-refractivity contribution is 0.151.